The normalized spacial score (nSPS) is 10.3. The van der Waals surface area contributed by atoms with Crippen LogP contribution >= 0.6 is 23.2 Å². The van der Waals surface area contributed by atoms with Crippen LogP contribution in [0.3, 0.4) is 0 Å². The van der Waals surface area contributed by atoms with Gasteiger partial charge in [0, 0.05) is 18.3 Å². The van der Waals surface area contributed by atoms with E-state index in [4.69, 9.17) is 27.9 Å². The quantitative estimate of drug-likeness (QED) is 0.791. The minimum atomic E-state index is 0.358. The minimum Gasteiger partial charge on any atom is -0.436 e. The van der Waals surface area contributed by atoms with Gasteiger partial charge in [-0.25, -0.2) is 4.98 Å². The Morgan fingerprint density at radius 3 is 2.82 bits per heavy atom. The summed E-state index contributed by atoms with van der Waals surface area (Å²) in [5.74, 6) is 1.37. The van der Waals surface area contributed by atoms with E-state index in [2.05, 4.69) is 9.97 Å². The molecule has 3 nitrogen and oxygen atoms in total. The summed E-state index contributed by atoms with van der Waals surface area (Å²) in [7, 11) is 0. The van der Waals surface area contributed by atoms with E-state index < -0.39 is 0 Å². The molecule has 2 heterocycles. The highest BCUT2D eigenvalue weighted by atomic mass is 35.5. The van der Waals surface area contributed by atoms with Crippen LogP contribution in [0.15, 0.2) is 30.6 Å². The predicted octanol–water partition coefficient (Wildman–Crippen LogP) is 3.97. The molecule has 0 amide bonds. The summed E-state index contributed by atoms with van der Waals surface area (Å²) in [5, 5.41) is 0.436. The maximum absolute atomic E-state index is 6.04. The topological polar surface area (TPSA) is 35.0 Å². The highest BCUT2D eigenvalue weighted by molar-refractivity contribution is 6.32. The van der Waals surface area contributed by atoms with E-state index in [-0.39, 0.29) is 0 Å². The molecule has 2 aromatic heterocycles. The summed E-state index contributed by atoms with van der Waals surface area (Å²) >= 11 is 11.7. The van der Waals surface area contributed by atoms with E-state index in [0.29, 0.717) is 22.5 Å². The van der Waals surface area contributed by atoms with Crippen molar-refractivity contribution in [1.82, 2.24) is 9.97 Å². The van der Waals surface area contributed by atoms with Gasteiger partial charge in [-0.3, -0.25) is 4.98 Å². The van der Waals surface area contributed by atoms with Gasteiger partial charge in [0.2, 0.25) is 5.88 Å². The van der Waals surface area contributed by atoms with Crippen molar-refractivity contribution in [1.29, 1.82) is 0 Å². The van der Waals surface area contributed by atoms with E-state index >= 15 is 0 Å². The molecule has 17 heavy (non-hydrogen) atoms. The first-order chi connectivity index (χ1) is 8.20. The smallest absolute Gasteiger partial charge is 0.238 e. The molecule has 0 fully saturated rings. The standard InChI is InChI=1S/C12H10Cl2N2O/c1-8-11(3-2-4-15-8)17-12-10(14)5-9(6-13)7-16-12/h2-5,7H,6H2,1H3. The average Bonchev–Trinajstić information content (AvgIpc) is 2.34. The second kappa shape index (κ2) is 5.34. The molecule has 88 valence electrons. The van der Waals surface area contributed by atoms with E-state index in [1.165, 1.54) is 0 Å². The van der Waals surface area contributed by atoms with Crippen LogP contribution in [0.1, 0.15) is 11.3 Å². The zero-order chi connectivity index (χ0) is 12.3. The van der Waals surface area contributed by atoms with E-state index in [9.17, 15) is 0 Å². The van der Waals surface area contributed by atoms with E-state index in [0.717, 1.165) is 11.3 Å². The second-order valence-electron chi connectivity index (χ2n) is 3.45. The third-order valence-electron chi connectivity index (χ3n) is 2.18. The van der Waals surface area contributed by atoms with Gasteiger partial charge in [-0.2, -0.15) is 0 Å². The van der Waals surface area contributed by atoms with Crippen molar-refractivity contribution in [3.63, 3.8) is 0 Å². The number of ether oxygens (including phenoxy) is 1. The highest BCUT2D eigenvalue weighted by Gasteiger charge is 2.07. The largest absolute Gasteiger partial charge is 0.436 e. The summed E-state index contributed by atoms with van der Waals surface area (Å²) in [6, 6.07) is 5.35. The van der Waals surface area contributed by atoms with Crippen molar-refractivity contribution in [3.8, 4) is 11.6 Å². The molecule has 0 saturated carbocycles. The van der Waals surface area contributed by atoms with Gasteiger partial charge in [-0.05, 0) is 30.7 Å². The molecule has 0 aliphatic carbocycles. The fourth-order valence-corrected chi connectivity index (χ4v) is 1.67. The van der Waals surface area contributed by atoms with Crippen LogP contribution < -0.4 is 4.74 Å². The summed E-state index contributed by atoms with van der Waals surface area (Å²) in [4.78, 5) is 8.24. The number of pyridine rings is 2. The van der Waals surface area contributed by atoms with Gasteiger partial charge in [0.05, 0.1) is 5.69 Å². The van der Waals surface area contributed by atoms with Crippen LogP contribution in [0.2, 0.25) is 5.02 Å². The fourth-order valence-electron chi connectivity index (χ4n) is 1.29. The number of rotatable bonds is 3. The Balaban J connectivity index is 2.28. The molecule has 0 bridgehead atoms. The Hall–Kier alpha value is -1.32. The molecule has 0 unspecified atom stereocenters. The number of hydrogen-bond donors (Lipinski definition) is 0. The number of halogens is 2. The maximum atomic E-state index is 6.04. The number of aryl methyl sites for hydroxylation is 1. The molecular formula is C12H10Cl2N2O. The number of alkyl halides is 1. The Kier molecular flexibility index (Phi) is 3.82. The molecule has 0 aliphatic heterocycles. The van der Waals surface area contributed by atoms with Gasteiger partial charge in [-0.1, -0.05) is 11.6 Å². The fraction of sp³-hybridized carbons (Fsp3) is 0.167. The van der Waals surface area contributed by atoms with E-state index in [1.807, 2.05) is 13.0 Å². The predicted molar refractivity (Wildman–Crippen MR) is 67.9 cm³/mol. The Morgan fingerprint density at radius 2 is 2.18 bits per heavy atom. The van der Waals surface area contributed by atoms with Crippen molar-refractivity contribution in [2.45, 2.75) is 12.8 Å². The highest BCUT2D eigenvalue weighted by Crippen LogP contribution is 2.28. The third kappa shape index (κ3) is 2.87. The number of hydrogen-bond acceptors (Lipinski definition) is 3. The van der Waals surface area contributed by atoms with E-state index in [1.54, 1.807) is 24.5 Å². The van der Waals surface area contributed by atoms with Gasteiger partial charge >= 0.3 is 0 Å². The van der Waals surface area contributed by atoms with Crippen LogP contribution in [-0.4, -0.2) is 9.97 Å². The molecule has 0 saturated heterocycles. The average molecular weight is 269 g/mol. The van der Waals surface area contributed by atoms with Crippen LogP contribution in [0.5, 0.6) is 11.6 Å². The van der Waals surface area contributed by atoms with Crippen molar-refractivity contribution >= 4 is 23.2 Å². The van der Waals surface area contributed by atoms with Crippen molar-refractivity contribution < 1.29 is 4.74 Å². The lowest BCUT2D eigenvalue weighted by molar-refractivity contribution is 0.456. The molecule has 0 N–H and O–H groups in total. The van der Waals surface area contributed by atoms with Crippen LogP contribution in [0.25, 0.3) is 0 Å². The third-order valence-corrected chi connectivity index (χ3v) is 2.76. The van der Waals surface area contributed by atoms with Gasteiger partial charge < -0.3 is 4.74 Å². The molecule has 2 rings (SSSR count). The summed E-state index contributed by atoms with van der Waals surface area (Å²) in [6.45, 7) is 1.86. The zero-order valence-corrected chi connectivity index (χ0v) is 10.7. The molecule has 0 atom stereocenters. The first kappa shape index (κ1) is 12.1. The van der Waals surface area contributed by atoms with Gasteiger partial charge in [0.25, 0.3) is 0 Å². The first-order valence-corrected chi connectivity index (χ1v) is 5.92. The molecule has 0 aliphatic rings. The molecule has 0 aromatic carbocycles. The summed E-state index contributed by atoms with van der Waals surface area (Å²) in [5.41, 5.74) is 1.64. The molecular weight excluding hydrogens is 259 g/mol. The van der Waals surface area contributed by atoms with Crippen molar-refractivity contribution in [2.24, 2.45) is 0 Å². The summed E-state index contributed by atoms with van der Waals surface area (Å²) in [6.07, 6.45) is 3.34. The second-order valence-corrected chi connectivity index (χ2v) is 4.13. The van der Waals surface area contributed by atoms with Crippen LogP contribution in [0.4, 0.5) is 0 Å². The molecule has 0 radical (unpaired) electrons. The Morgan fingerprint density at radius 1 is 1.35 bits per heavy atom. The molecule has 0 spiro atoms. The number of nitrogens with zero attached hydrogens (tertiary/aromatic N) is 2. The summed E-state index contributed by atoms with van der Waals surface area (Å²) < 4.78 is 5.59. The molecule has 5 heteroatoms. The lowest BCUT2D eigenvalue weighted by atomic mass is 10.3. The Labute approximate surface area is 109 Å². The Bertz CT molecular complexity index is 532. The van der Waals surface area contributed by atoms with Gasteiger partial charge in [0.15, 0.2) is 5.75 Å². The van der Waals surface area contributed by atoms with Crippen molar-refractivity contribution in [3.05, 3.63) is 46.9 Å². The minimum absolute atomic E-state index is 0.358. The lowest BCUT2D eigenvalue weighted by Gasteiger charge is -2.08. The SMILES string of the molecule is Cc1ncccc1Oc1ncc(CCl)cc1Cl. The lowest BCUT2D eigenvalue weighted by Crippen LogP contribution is -1.93. The van der Waals surface area contributed by atoms with Crippen LogP contribution in [-0.2, 0) is 5.88 Å². The first-order valence-electron chi connectivity index (χ1n) is 5.00. The van der Waals surface area contributed by atoms with Gasteiger partial charge in [0.1, 0.15) is 5.02 Å². The zero-order valence-electron chi connectivity index (χ0n) is 9.15. The maximum Gasteiger partial charge on any atom is 0.238 e. The van der Waals surface area contributed by atoms with Gasteiger partial charge in [-0.15, -0.1) is 11.6 Å². The number of aromatic nitrogens is 2. The monoisotopic (exact) mass is 268 g/mol. The van der Waals surface area contributed by atoms with Crippen molar-refractivity contribution in [2.75, 3.05) is 0 Å². The molecule has 2 aromatic rings. The van der Waals surface area contributed by atoms with Crippen LogP contribution in [0, 0.1) is 6.92 Å².